The third kappa shape index (κ3) is 3.57. The van der Waals surface area contributed by atoms with E-state index in [1.54, 1.807) is 0 Å². The van der Waals surface area contributed by atoms with Crippen LogP contribution in [0.1, 0.15) is 38.9 Å². The van der Waals surface area contributed by atoms with Gasteiger partial charge in [0.15, 0.2) is 0 Å². The van der Waals surface area contributed by atoms with Gasteiger partial charge >= 0.3 is 0 Å². The minimum Gasteiger partial charge on any atom is -0.274 e. The largest absolute Gasteiger partial charge is 0.274 e. The second kappa shape index (κ2) is 9.33. The number of carbonyl (C=O) groups is 4. The van der Waals surface area contributed by atoms with Crippen LogP contribution in [-0.4, -0.2) is 23.6 Å². The Labute approximate surface area is 259 Å². The van der Waals surface area contributed by atoms with Crippen LogP contribution in [0.5, 0.6) is 0 Å². The average Bonchev–Trinajstić information content (AvgIpc) is 3.36. The second-order valence-electron chi connectivity index (χ2n) is 12.9. The summed E-state index contributed by atoms with van der Waals surface area (Å²) in [5.74, 6) is -4.87. The number of aryl methyl sites for hydroxylation is 6. The average molecular weight is 638 g/mol. The van der Waals surface area contributed by atoms with Crippen molar-refractivity contribution in [2.45, 2.75) is 47.0 Å². The molecule has 218 valence electrons. The van der Waals surface area contributed by atoms with Gasteiger partial charge in [-0.2, -0.15) is 0 Å². The highest BCUT2D eigenvalue weighted by Crippen LogP contribution is 2.65. The summed E-state index contributed by atoms with van der Waals surface area (Å²) in [4.78, 5) is 61.1. The zero-order valence-corrected chi connectivity index (χ0v) is 26.7. The molecule has 3 aromatic carbocycles. The summed E-state index contributed by atoms with van der Waals surface area (Å²) in [6, 6.07) is 15.5. The summed E-state index contributed by atoms with van der Waals surface area (Å²) in [6.07, 6.45) is 3.91. The van der Waals surface area contributed by atoms with E-state index in [1.165, 1.54) is 9.80 Å². The molecule has 4 amide bonds. The van der Waals surface area contributed by atoms with Crippen molar-refractivity contribution < 1.29 is 19.2 Å². The molecule has 2 saturated heterocycles. The molecule has 3 fully saturated rings. The first-order chi connectivity index (χ1) is 20.4. The maximum absolute atomic E-state index is 14.7. The maximum atomic E-state index is 14.7. The smallest absolute Gasteiger partial charge is 0.238 e. The van der Waals surface area contributed by atoms with E-state index in [9.17, 15) is 19.2 Å². The van der Waals surface area contributed by atoms with E-state index in [4.69, 9.17) is 0 Å². The van der Waals surface area contributed by atoms with Crippen molar-refractivity contribution in [1.29, 1.82) is 0 Å². The minimum absolute atomic E-state index is 0.291. The Balaban J connectivity index is 1.45. The molecule has 0 radical (unpaired) electrons. The molecular weight excluding hydrogens is 604 g/mol. The number of nitrogens with zero attached hydrogens (tertiary/aromatic N) is 2. The molecule has 0 N–H and O–H groups in total. The molecular formula is C36H33BrN2O4. The van der Waals surface area contributed by atoms with Gasteiger partial charge in [0.2, 0.25) is 23.6 Å². The number of carbonyl (C=O) groups excluding carboxylic acids is 4. The fraction of sp³-hybridized carbons (Fsp3) is 0.333. The lowest BCUT2D eigenvalue weighted by atomic mass is 9.45. The van der Waals surface area contributed by atoms with E-state index >= 15 is 0 Å². The lowest BCUT2D eigenvalue weighted by Crippen LogP contribution is -2.60. The quantitative estimate of drug-likeness (QED) is 0.248. The number of amides is 4. The molecule has 2 heterocycles. The van der Waals surface area contributed by atoms with Crippen LogP contribution in [0.4, 0.5) is 11.4 Å². The Hall–Kier alpha value is -3.84. The predicted molar refractivity (Wildman–Crippen MR) is 169 cm³/mol. The van der Waals surface area contributed by atoms with Crippen LogP contribution in [0.25, 0.3) is 0 Å². The number of imide groups is 2. The van der Waals surface area contributed by atoms with Gasteiger partial charge in [0.1, 0.15) is 0 Å². The molecule has 4 atom stereocenters. The zero-order valence-electron chi connectivity index (χ0n) is 25.1. The molecule has 7 heteroatoms. The van der Waals surface area contributed by atoms with Crippen LogP contribution >= 0.6 is 15.9 Å². The molecule has 2 bridgehead atoms. The van der Waals surface area contributed by atoms with Crippen LogP contribution in [-0.2, 0) is 24.6 Å². The normalized spacial score (nSPS) is 29.1. The number of hydrogen-bond acceptors (Lipinski definition) is 4. The van der Waals surface area contributed by atoms with E-state index in [1.807, 2.05) is 102 Å². The van der Waals surface area contributed by atoms with Gasteiger partial charge in [0.05, 0.1) is 35.0 Å². The van der Waals surface area contributed by atoms with Gasteiger partial charge in [-0.05, 0) is 81.5 Å². The van der Waals surface area contributed by atoms with Crippen molar-refractivity contribution >= 4 is 50.9 Å². The number of halogens is 1. The van der Waals surface area contributed by atoms with Gasteiger partial charge in [-0.15, -0.1) is 0 Å². The van der Waals surface area contributed by atoms with Gasteiger partial charge < -0.3 is 0 Å². The number of hydrogen-bond donors (Lipinski definition) is 0. The van der Waals surface area contributed by atoms with Crippen molar-refractivity contribution in [1.82, 2.24) is 0 Å². The number of anilines is 2. The van der Waals surface area contributed by atoms with Gasteiger partial charge in [0, 0.05) is 15.8 Å². The van der Waals surface area contributed by atoms with Crippen LogP contribution in [0.2, 0.25) is 0 Å². The number of allylic oxidation sites excluding steroid dienone is 2. The Morgan fingerprint density at radius 2 is 1.00 bits per heavy atom. The summed E-state index contributed by atoms with van der Waals surface area (Å²) < 4.78 is 0.858. The molecule has 1 saturated carbocycles. The molecule has 6 nitrogen and oxygen atoms in total. The second-order valence-corrected chi connectivity index (χ2v) is 13.8. The molecule has 4 unspecified atom stereocenters. The first-order valence-corrected chi connectivity index (χ1v) is 15.5. The summed E-state index contributed by atoms with van der Waals surface area (Å²) in [6.45, 7) is 11.7. The monoisotopic (exact) mass is 636 g/mol. The summed E-state index contributed by atoms with van der Waals surface area (Å²) >= 11 is 3.52. The summed E-state index contributed by atoms with van der Waals surface area (Å²) in [7, 11) is 0. The van der Waals surface area contributed by atoms with Crippen molar-refractivity contribution in [2.75, 3.05) is 9.80 Å². The van der Waals surface area contributed by atoms with Crippen molar-refractivity contribution in [3.63, 3.8) is 0 Å². The highest BCUT2D eigenvalue weighted by atomic mass is 79.9. The van der Waals surface area contributed by atoms with Crippen LogP contribution in [0, 0.1) is 71.1 Å². The van der Waals surface area contributed by atoms with E-state index in [0.29, 0.717) is 11.4 Å². The maximum Gasteiger partial charge on any atom is 0.238 e. The molecule has 0 aromatic heterocycles. The summed E-state index contributed by atoms with van der Waals surface area (Å²) in [5.41, 5.74) is 6.31. The predicted octanol–water partition coefficient (Wildman–Crippen LogP) is 6.35. The van der Waals surface area contributed by atoms with Crippen molar-refractivity contribution in [3.05, 3.63) is 104 Å². The highest BCUT2D eigenvalue weighted by molar-refractivity contribution is 9.10. The van der Waals surface area contributed by atoms with Gasteiger partial charge in [0.25, 0.3) is 0 Å². The third-order valence-electron chi connectivity index (χ3n) is 10.2. The van der Waals surface area contributed by atoms with Crippen molar-refractivity contribution in [3.8, 4) is 0 Å². The molecule has 3 aliphatic carbocycles. The highest BCUT2D eigenvalue weighted by Gasteiger charge is 2.75. The van der Waals surface area contributed by atoms with Crippen LogP contribution in [0.3, 0.4) is 0 Å². The molecule has 0 spiro atoms. The molecule has 8 rings (SSSR count). The Kier molecular flexibility index (Phi) is 6.07. The fourth-order valence-corrected chi connectivity index (χ4v) is 9.25. The minimum atomic E-state index is -1.16. The van der Waals surface area contributed by atoms with E-state index < -0.39 is 35.0 Å². The van der Waals surface area contributed by atoms with Crippen molar-refractivity contribution in [2.24, 2.45) is 29.6 Å². The first-order valence-electron chi connectivity index (χ1n) is 14.7. The first kappa shape index (κ1) is 28.0. The number of rotatable bonds is 3. The Morgan fingerprint density at radius 1 is 0.605 bits per heavy atom. The van der Waals surface area contributed by atoms with Crippen LogP contribution < -0.4 is 9.80 Å². The van der Waals surface area contributed by atoms with E-state index in [-0.39, 0.29) is 23.6 Å². The molecule has 2 aliphatic heterocycles. The third-order valence-corrected chi connectivity index (χ3v) is 10.7. The molecule has 5 aliphatic rings. The van der Waals surface area contributed by atoms with Gasteiger partial charge in [-0.3, -0.25) is 19.2 Å². The Morgan fingerprint density at radius 3 is 1.40 bits per heavy atom. The van der Waals surface area contributed by atoms with Gasteiger partial charge in [-0.25, -0.2) is 9.80 Å². The topological polar surface area (TPSA) is 74.8 Å². The van der Waals surface area contributed by atoms with E-state index in [2.05, 4.69) is 15.9 Å². The standard InChI is InChI=1S/C36H33BrN2O4/c1-17-13-19(3)30(20(4)14-17)38-32(40)26-25-11-12-36(28(26)34(38)42,23-7-9-24(37)10-8-23)29-27(25)33(41)39(35(29)43)31-21(5)15-18(2)16-22(31)6/h7-16,25-29H,1-6H3. The molecule has 43 heavy (non-hydrogen) atoms. The van der Waals surface area contributed by atoms with Crippen LogP contribution in [0.15, 0.2) is 65.2 Å². The number of benzene rings is 3. The van der Waals surface area contributed by atoms with E-state index in [0.717, 1.165) is 43.4 Å². The lowest BCUT2D eigenvalue weighted by Gasteiger charge is -2.53. The van der Waals surface area contributed by atoms with Gasteiger partial charge in [-0.1, -0.05) is 75.6 Å². The zero-order chi connectivity index (χ0) is 30.7. The Bertz CT molecular complexity index is 1680. The fourth-order valence-electron chi connectivity index (χ4n) is 8.98. The SMILES string of the molecule is Cc1cc(C)c(N2C(=O)C3C4C=CC(c5ccc(Br)cc5)(C3C2=O)C2C(=O)N(c3c(C)cc(C)cc3C)C(=O)C42)c(C)c1. The molecule has 3 aromatic rings. The lowest BCUT2D eigenvalue weighted by molar-refractivity contribution is -0.140. The summed E-state index contributed by atoms with van der Waals surface area (Å²) in [5, 5.41) is 0.